The Kier molecular flexibility index (Phi) is 3.09. The first-order chi connectivity index (χ1) is 9.28. The molecule has 96 valence electrons. The van der Waals surface area contributed by atoms with Crippen LogP contribution in [0.5, 0.6) is 5.75 Å². The second-order valence-corrected chi connectivity index (χ2v) is 5.34. The number of hydrogen-bond donors (Lipinski definition) is 0. The molecule has 3 aromatic rings. The molecule has 19 heavy (non-hydrogen) atoms. The molecule has 1 heterocycles. The Morgan fingerprint density at radius 3 is 2.68 bits per heavy atom. The van der Waals surface area contributed by atoms with Crippen molar-refractivity contribution in [2.75, 3.05) is 7.11 Å². The van der Waals surface area contributed by atoms with Gasteiger partial charge in [0.2, 0.25) is 0 Å². The number of rotatable bonds is 3. The number of fused-ring (bicyclic) bond motifs is 1. The summed E-state index contributed by atoms with van der Waals surface area (Å²) in [5.74, 6) is 0.778. The molecule has 0 amide bonds. The van der Waals surface area contributed by atoms with Crippen LogP contribution in [0.4, 0.5) is 0 Å². The lowest BCUT2D eigenvalue weighted by Gasteiger charge is -1.99. The third kappa shape index (κ3) is 2.27. The molecule has 0 aliphatic heterocycles. The highest BCUT2D eigenvalue weighted by Gasteiger charge is 2.08. The molecule has 0 radical (unpaired) electrons. The maximum Gasteiger partial charge on any atom is 0.268 e. The number of nitrogens with zero attached hydrogens (tertiary/aromatic N) is 1. The Morgan fingerprint density at radius 2 is 1.95 bits per heavy atom. The Bertz CT molecular complexity index is 759. The van der Waals surface area contributed by atoms with E-state index in [4.69, 9.17) is 4.74 Å². The molecule has 3 rings (SSSR count). The van der Waals surface area contributed by atoms with Crippen molar-refractivity contribution in [2.45, 2.75) is 6.54 Å². The zero-order chi connectivity index (χ0) is 13.2. The van der Waals surface area contributed by atoms with Crippen LogP contribution < -0.4 is 10.3 Å². The minimum Gasteiger partial charge on any atom is -0.497 e. The average Bonchev–Trinajstić information content (AvgIpc) is 2.76. The van der Waals surface area contributed by atoms with Gasteiger partial charge in [-0.25, -0.2) is 0 Å². The molecule has 0 N–H and O–H groups in total. The van der Waals surface area contributed by atoms with Crippen LogP contribution >= 0.6 is 11.5 Å². The van der Waals surface area contributed by atoms with E-state index < -0.39 is 0 Å². The van der Waals surface area contributed by atoms with Crippen LogP contribution in [0.3, 0.4) is 0 Å². The zero-order valence-electron chi connectivity index (χ0n) is 10.5. The number of aromatic nitrogens is 1. The van der Waals surface area contributed by atoms with Crippen molar-refractivity contribution in [3.63, 3.8) is 0 Å². The highest BCUT2D eigenvalue weighted by molar-refractivity contribution is 7.13. The maximum atomic E-state index is 12.3. The Hall–Kier alpha value is -2.07. The van der Waals surface area contributed by atoms with E-state index >= 15 is 0 Å². The van der Waals surface area contributed by atoms with E-state index in [1.165, 1.54) is 11.5 Å². The minimum atomic E-state index is 0.0616. The molecule has 0 bridgehead atoms. The molecule has 1 aromatic heterocycles. The summed E-state index contributed by atoms with van der Waals surface area (Å²) in [6.45, 7) is 0.612. The zero-order valence-corrected chi connectivity index (χ0v) is 11.3. The third-order valence-corrected chi connectivity index (χ3v) is 4.07. The number of methoxy groups -OCH3 is 1. The van der Waals surface area contributed by atoms with E-state index in [9.17, 15) is 4.79 Å². The summed E-state index contributed by atoms with van der Waals surface area (Å²) in [5.41, 5.74) is 1.19. The molecule has 0 atom stereocenters. The van der Waals surface area contributed by atoms with Gasteiger partial charge in [-0.05, 0) is 23.8 Å². The summed E-state index contributed by atoms with van der Waals surface area (Å²) in [4.78, 5) is 12.3. The van der Waals surface area contributed by atoms with Crippen LogP contribution in [-0.2, 0) is 6.54 Å². The van der Waals surface area contributed by atoms with Crippen LogP contribution in [-0.4, -0.2) is 11.1 Å². The number of benzene rings is 2. The van der Waals surface area contributed by atoms with Gasteiger partial charge in [-0.1, -0.05) is 41.9 Å². The van der Waals surface area contributed by atoms with Gasteiger partial charge in [0.05, 0.1) is 23.7 Å². The van der Waals surface area contributed by atoms with Crippen LogP contribution in [0.25, 0.3) is 10.1 Å². The first kappa shape index (κ1) is 12.0. The first-order valence-corrected chi connectivity index (χ1v) is 6.77. The quantitative estimate of drug-likeness (QED) is 0.733. The standard InChI is InChI=1S/C15H13NO2S/c1-18-12-7-8-13-14(9-12)19-16(15(13)17)10-11-5-3-2-4-6-11/h2-9H,10H2,1H3. The van der Waals surface area contributed by atoms with E-state index in [1.54, 1.807) is 11.1 Å². The van der Waals surface area contributed by atoms with E-state index in [0.717, 1.165) is 21.4 Å². The average molecular weight is 271 g/mol. The molecule has 0 unspecified atom stereocenters. The fraction of sp³-hybridized carbons (Fsp3) is 0.133. The van der Waals surface area contributed by atoms with Crippen LogP contribution in [0, 0.1) is 0 Å². The second-order valence-electron chi connectivity index (χ2n) is 4.28. The van der Waals surface area contributed by atoms with Gasteiger partial charge in [0, 0.05) is 0 Å². The number of hydrogen-bond acceptors (Lipinski definition) is 3. The van der Waals surface area contributed by atoms with Crippen LogP contribution in [0.2, 0.25) is 0 Å². The molecule has 2 aromatic carbocycles. The maximum absolute atomic E-state index is 12.3. The van der Waals surface area contributed by atoms with Gasteiger partial charge in [-0.15, -0.1) is 0 Å². The smallest absolute Gasteiger partial charge is 0.268 e. The van der Waals surface area contributed by atoms with Crippen molar-refractivity contribution in [3.05, 3.63) is 64.4 Å². The normalized spacial score (nSPS) is 10.8. The summed E-state index contributed by atoms with van der Waals surface area (Å²) in [6, 6.07) is 15.5. The molecule has 0 saturated heterocycles. The minimum absolute atomic E-state index is 0.0616. The van der Waals surface area contributed by atoms with Crippen molar-refractivity contribution in [3.8, 4) is 5.75 Å². The molecular weight excluding hydrogens is 258 g/mol. The van der Waals surface area contributed by atoms with Gasteiger partial charge in [0.15, 0.2) is 0 Å². The number of ether oxygens (including phenoxy) is 1. The summed E-state index contributed by atoms with van der Waals surface area (Å²) < 4.78 is 7.92. The van der Waals surface area contributed by atoms with E-state index in [1.807, 2.05) is 48.5 Å². The lowest BCUT2D eigenvalue weighted by Crippen LogP contribution is -2.13. The van der Waals surface area contributed by atoms with E-state index in [-0.39, 0.29) is 5.56 Å². The van der Waals surface area contributed by atoms with E-state index in [0.29, 0.717) is 6.54 Å². The lowest BCUT2D eigenvalue weighted by atomic mass is 10.2. The molecule has 0 spiro atoms. The second kappa shape index (κ2) is 4.90. The van der Waals surface area contributed by atoms with Crippen molar-refractivity contribution in [1.29, 1.82) is 0 Å². The summed E-state index contributed by atoms with van der Waals surface area (Å²) in [5, 5.41) is 0.752. The third-order valence-electron chi connectivity index (χ3n) is 3.02. The first-order valence-electron chi connectivity index (χ1n) is 6.00. The summed E-state index contributed by atoms with van der Waals surface area (Å²) in [6.07, 6.45) is 0. The fourth-order valence-corrected chi connectivity index (χ4v) is 3.08. The molecule has 0 aliphatic carbocycles. The van der Waals surface area contributed by atoms with Gasteiger partial charge in [-0.3, -0.25) is 8.75 Å². The van der Waals surface area contributed by atoms with Crippen LogP contribution in [0.1, 0.15) is 5.56 Å². The Morgan fingerprint density at radius 1 is 1.16 bits per heavy atom. The fourth-order valence-electron chi connectivity index (χ4n) is 2.03. The predicted molar refractivity (Wildman–Crippen MR) is 78.2 cm³/mol. The summed E-state index contributed by atoms with van der Waals surface area (Å²) >= 11 is 1.47. The SMILES string of the molecule is COc1ccc2c(=O)n(Cc3ccccc3)sc2c1. The summed E-state index contributed by atoms with van der Waals surface area (Å²) in [7, 11) is 1.63. The van der Waals surface area contributed by atoms with Crippen molar-refractivity contribution < 1.29 is 4.74 Å². The van der Waals surface area contributed by atoms with Gasteiger partial charge in [0.25, 0.3) is 5.56 Å². The molecule has 3 nitrogen and oxygen atoms in total. The van der Waals surface area contributed by atoms with Gasteiger partial charge in [-0.2, -0.15) is 0 Å². The van der Waals surface area contributed by atoms with Crippen molar-refractivity contribution in [1.82, 2.24) is 3.96 Å². The molecule has 0 fully saturated rings. The molecule has 0 saturated carbocycles. The molecule has 0 aliphatic rings. The van der Waals surface area contributed by atoms with Crippen LogP contribution in [0.15, 0.2) is 53.3 Å². The monoisotopic (exact) mass is 271 g/mol. The Labute approximate surface area is 114 Å². The van der Waals surface area contributed by atoms with Gasteiger partial charge < -0.3 is 4.74 Å². The molecule has 4 heteroatoms. The van der Waals surface area contributed by atoms with E-state index in [2.05, 4.69) is 0 Å². The highest BCUT2D eigenvalue weighted by atomic mass is 32.1. The Balaban J connectivity index is 2.05. The predicted octanol–water partition coefficient (Wildman–Crippen LogP) is 3.12. The van der Waals surface area contributed by atoms with Crippen molar-refractivity contribution in [2.24, 2.45) is 0 Å². The molecular formula is C15H13NO2S. The van der Waals surface area contributed by atoms with Gasteiger partial charge in [0.1, 0.15) is 5.75 Å². The lowest BCUT2D eigenvalue weighted by molar-refractivity contribution is 0.415. The van der Waals surface area contributed by atoms with Gasteiger partial charge >= 0.3 is 0 Å². The topological polar surface area (TPSA) is 31.2 Å². The van der Waals surface area contributed by atoms with Crippen molar-refractivity contribution >= 4 is 21.6 Å². The largest absolute Gasteiger partial charge is 0.497 e. The highest BCUT2D eigenvalue weighted by Crippen LogP contribution is 2.23.